The number of rotatable bonds is 7. The van der Waals surface area contributed by atoms with Gasteiger partial charge in [0.15, 0.2) is 0 Å². The van der Waals surface area contributed by atoms with Crippen molar-refractivity contribution in [3.8, 4) is 0 Å². The molecule has 0 bridgehead atoms. The molecule has 0 aliphatic carbocycles. The van der Waals surface area contributed by atoms with Crippen LogP contribution in [0.1, 0.15) is 11.1 Å². The highest BCUT2D eigenvalue weighted by atomic mass is 31.2. The van der Waals surface area contributed by atoms with Crippen molar-refractivity contribution in [1.29, 1.82) is 0 Å². The van der Waals surface area contributed by atoms with Crippen LogP contribution in [0.15, 0.2) is 54.9 Å². The van der Waals surface area contributed by atoms with E-state index < -0.39 is 7.14 Å². The summed E-state index contributed by atoms with van der Waals surface area (Å²) >= 11 is 0. The molecule has 3 aromatic rings. The highest BCUT2D eigenvalue weighted by Crippen LogP contribution is 2.34. The summed E-state index contributed by atoms with van der Waals surface area (Å²) in [5.74, 6) is 0.995. The molecule has 0 spiro atoms. The molecule has 0 fully saturated rings. The van der Waals surface area contributed by atoms with E-state index in [1.807, 2.05) is 24.3 Å². The van der Waals surface area contributed by atoms with E-state index in [1.165, 1.54) is 17.5 Å². The minimum Gasteiger partial charge on any atom is -0.354 e. The van der Waals surface area contributed by atoms with Gasteiger partial charge >= 0.3 is 0 Å². The molecular weight excluding hydrogens is 357 g/mol. The van der Waals surface area contributed by atoms with Crippen molar-refractivity contribution in [2.24, 2.45) is 0 Å². The Morgan fingerprint density at radius 3 is 2.26 bits per heavy atom. The maximum atomic E-state index is 12.1. The lowest BCUT2D eigenvalue weighted by atomic mass is 10.1. The number of nitrogens with zero attached hydrogens (tertiary/aromatic N) is 3. The van der Waals surface area contributed by atoms with Crippen LogP contribution in [-0.2, 0) is 11.0 Å². The SMILES string of the molecule is Cc1ccc(CCNc2ncnc(Nc3ccc(P(C)(C)=O)cc3)n2)cc1. The van der Waals surface area contributed by atoms with E-state index in [0.717, 1.165) is 24.0 Å². The van der Waals surface area contributed by atoms with Crippen molar-refractivity contribution < 1.29 is 4.57 Å². The van der Waals surface area contributed by atoms with Gasteiger partial charge in [-0.05, 0) is 56.5 Å². The Morgan fingerprint density at radius 1 is 0.926 bits per heavy atom. The van der Waals surface area contributed by atoms with Crippen LogP contribution in [0.5, 0.6) is 0 Å². The smallest absolute Gasteiger partial charge is 0.231 e. The van der Waals surface area contributed by atoms with Gasteiger partial charge in [-0.3, -0.25) is 0 Å². The fourth-order valence-corrected chi connectivity index (χ4v) is 3.42. The summed E-state index contributed by atoms with van der Waals surface area (Å²) in [7, 11) is -2.25. The van der Waals surface area contributed by atoms with E-state index in [4.69, 9.17) is 0 Å². The van der Waals surface area contributed by atoms with Crippen molar-refractivity contribution in [3.05, 3.63) is 66.0 Å². The molecule has 0 atom stereocenters. The maximum Gasteiger partial charge on any atom is 0.231 e. The van der Waals surface area contributed by atoms with Gasteiger partial charge in [0.25, 0.3) is 0 Å². The normalized spacial score (nSPS) is 11.2. The van der Waals surface area contributed by atoms with Gasteiger partial charge in [0.05, 0.1) is 0 Å². The van der Waals surface area contributed by atoms with Crippen LogP contribution in [0.25, 0.3) is 0 Å². The van der Waals surface area contributed by atoms with E-state index in [9.17, 15) is 4.57 Å². The first-order chi connectivity index (χ1) is 12.9. The van der Waals surface area contributed by atoms with Gasteiger partial charge in [0.2, 0.25) is 11.9 Å². The Kier molecular flexibility index (Phi) is 5.87. The monoisotopic (exact) mass is 381 g/mol. The Balaban J connectivity index is 1.58. The Labute approximate surface area is 159 Å². The van der Waals surface area contributed by atoms with Crippen molar-refractivity contribution in [1.82, 2.24) is 15.0 Å². The number of benzene rings is 2. The molecule has 1 aromatic heterocycles. The highest BCUT2D eigenvalue weighted by Gasteiger charge is 2.10. The van der Waals surface area contributed by atoms with Gasteiger partial charge in [-0.1, -0.05) is 29.8 Å². The Bertz CT molecular complexity index is 935. The van der Waals surface area contributed by atoms with Crippen LogP contribution in [0.4, 0.5) is 17.6 Å². The number of aromatic nitrogens is 3. The van der Waals surface area contributed by atoms with E-state index in [0.29, 0.717) is 11.9 Å². The molecule has 3 rings (SSSR count). The van der Waals surface area contributed by atoms with Crippen LogP contribution in [0, 0.1) is 6.92 Å². The fraction of sp³-hybridized carbons (Fsp3) is 0.250. The predicted molar refractivity (Wildman–Crippen MR) is 112 cm³/mol. The number of aryl methyl sites for hydroxylation is 1. The predicted octanol–water partition coefficient (Wildman–Crippen LogP) is 3.83. The van der Waals surface area contributed by atoms with Crippen molar-refractivity contribution in [3.63, 3.8) is 0 Å². The molecule has 0 aliphatic heterocycles. The zero-order valence-electron chi connectivity index (χ0n) is 15.8. The zero-order chi connectivity index (χ0) is 19.3. The van der Waals surface area contributed by atoms with Crippen molar-refractivity contribution in [2.75, 3.05) is 30.5 Å². The molecule has 7 heteroatoms. The van der Waals surface area contributed by atoms with E-state index in [2.05, 4.69) is 56.8 Å². The lowest BCUT2D eigenvalue weighted by Gasteiger charge is -2.10. The lowest BCUT2D eigenvalue weighted by molar-refractivity contribution is 0.588. The minimum atomic E-state index is -2.25. The first kappa shape index (κ1) is 19.1. The van der Waals surface area contributed by atoms with E-state index in [-0.39, 0.29) is 0 Å². The number of nitrogens with one attached hydrogen (secondary N) is 2. The van der Waals surface area contributed by atoms with Crippen LogP contribution in [0.3, 0.4) is 0 Å². The first-order valence-corrected chi connectivity index (χ1v) is 11.4. The van der Waals surface area contributed by atoms with Crippen molar-refractivity contribution >= 4 is 30.0 Å². The van der Waals surface area contributed by atoms with Gasteiger partial charge in [0, 0.05) is 17.5 Å². The molecule has 0 radical (unpaired) electrons. The second kappa shape index (κ2) is 8.31. The summed E-state index contributed by atoms with van der Waals surface area (Å²) in [6.07, 6.45) is 2.37. The molecule has 0 unspecified atom stereocenters. The zero-order valence-corrected chi connectivity index (χ0v) is 16.7. The quantitative estimate of drug-likeness (QED) is 0.606. The molecule has 2 aromatic carbocycles. The summed E-state index contributed by atoms with van der Waals surface area (Å²) in [6, 6.07) is 16.0. The summed E-state index contributed by atoms with van der Waals surface area (Å²) in [5, 5.41) is 7.22. The summed E-state index contributed by atoms with van der Waals surface area (Å²) in [6.45, 7) is 6.34. The van der Waals surface area contributed by atoms with Gasteiger partial charge in [-0.15, -0.1) is 0 Å². The molecular formula is C20H24N5OP. The van der Waals surface area contributed by atoms with Crippen LogP contribution in [-0.4, -0.2) is 34.8 Å². The average Bonchev–Trinajstić information content (AvgIpc) is 2.63. The second-order valence-corrected chi connectivity index (χ2v) is 10.0. The minimum absolute atomic E-state index is 0.465. The fourth-order valence-electron chi connectivity index (χ4n) is 2.55. The lowest BCUT2D eigenvalue weighted by Crippen LogP contribution is -2.10. The molecule has 0 amide bonds. The Hall–Kier alpha value is -2.72. The maximum absolute atomic E-state index is 12.1. The largest absolute Gasteiger partial charge is 0.354 e. The van der Waals surface area contributed by atoms with Gasteiger partial charge < -0.3 is 15.2 Å². The molecule has 2 N–H and O–H groups in total. The standard InChI is InChI=1S/C20H24N5OP/c1-15-4-6-16(7-5-15)12-13-21-19-22-14-23-20(25-19)24-17-8-10-18(11-9-17)27(2,3)26/h4-11,14H,12-13H2,1-3H3,(H2,21,22,23,24,25). The van der Waals surface area contributed by atoms with Crippen LogP contribution < -0.4 is 15.9 Å². The summed E-state index contributed by atoms with van der Waals surface area (Å²) < 4.78 is 12.1. The van der Waals surface area contributed by atoms with E-state index in [1.54, 1.807) is 13.3 Å². The Morgan fingerprint density at radius 2 is 1.59 bits per heavy atom. The van der Waals surface area contributed by atoms with Gasteiger partial charge in [-0.25, -0.2) is 9.97 Å². The molecule has 0 saturated heterocycles. The molecule has 140 valence electrons. The number of hydrogen-bond acceptors (Lipinski definition) is 6. The highest BCUT2D eigenvalue weighted by molar-refractivity contribution is 7.70. The van der Waals surface area contributed by atoms with Gasteiger partial charge in [-0.2, -0.15) is 4.98 Å². The third kappa shape index (κ3) is 5.63. The molecule has 6 nitrogen and oxygen atoms in total. The second-order valence-electron chi connectivity index (χ2n) is 6.82. The summed E-state index contributed by atoms with van der Waals surface area (Å²) in [4.78, 5) is 12.7. The first-order valence-electron chi connectivity index (χ1n) is 8.81. The number of hydrogen-bond donors (Lipinski definition) is 2. The average molecular weight is 381 g/mol. The van der Waals surface area contributed by atoms with Gasteiger partial charge in [0.1, 0.15) is 13.5 Å². The topological polar surface area (TPSA) is 79.8 Å². The summed E-state index contributed by atoms with van der Waals surface area (Å²) in [5.41, 5.74) is 3.36. The molecule has 0 saturated carbocycles. The van der Waals surface area contributed by atoms with Crippen molar-refractivity contribution in [2.45, 2.75) is 13.3 Å². The molecule has 27 heavy (non-hydrogen) atoms. The molecule has 1 heterocycles. The van der Waals surface area contributed by atoms with Crippen LogP contribution in [0.2, 0.25) is 0 Å². The third-order valence-electron chi connectivity index (χ3n) is 4.13. The number of anilines is 3. The molecule has 0 aliphatic rings. The van der Waals surface area contributed by atoms with Crippen LogP contribution >= 0.6 is 7.14 Å². The van der Waals surface area contributed by atoms with E-state index >= 15 is 0 Å². The third-order valence-corrected chi connectivity index (χ3v) is 5.68.